The van der Waals surface area contributed by atoms with Crippen molar-refractivity contribution in [2.75, 3.05) is 18.9 Å². The third-order valence-electron chi connectivity index (χ3n) is 4.25. The molecule has 1 amide bonds. The van der Waals surface area contributed by atoms with Gasteiger partial charge in [-0.05, 0) is 42.3 Å². The van der Waals surface area contributed by atoms with Crippen LogP contribution in [0.5, 0.6) is 0 Å². The van der Waals surface area contributed by atoms with Crippen LogP contribution in [-0.2, 0) is 11.2 Å². The Morgan fingerprint density at radius 1 is 1.07 bits per heavy atom. The van der Waals surface area contributed by atoms with Crippen molar-refractivity contribution in [2.24, 2.45) is 0 Å². The van der Waals surface area contributed by atoms with Crippen LogP contribution in [0.3, 0.4) is 0 Å². The van der Waals surface area contributed by atoms with Crippen LogP contribution in [0.1, 0.15) is 11.1 Å². The van der Waals surface area contributed by atoms with E-state index in [1.165, 1.54) is 18.2 Å². The molecule has 3 aromatic rings. The molecular formula is C23H22FN3O. The average Bonchev–Trinajstić information content (AvgIpc) is 2.73. The van der Waals surface area contributed by atoms with Crippen molar-refractivity contribution in [3.05, 3.63) is 89.8 Å². The Labute approximate surface area is 164 Å². The molecule has 3 rings (SSSR count). The van der Waals surface area contributed by atoms with Crippen molar-refractivity contribution in [3.8, 4) is 11.3 Å². The summed E-state index contributed by atoms with van der Waals surface area (Å²) in [6, 6.07) is 20.3. The number of likely N-dealkylation sites (N-methyl/N-ethyl adjacent to an activating group) is 1. The molecule has 2 aromatic carbocycles. The second-order valence-corrected chi connectivity index (χ2v) is 6.25. The highest BCUT2D eigenvalue weighted by molar-refractivity contribution is 5.92. The minimum Gasteiger partial charge on any atom is -0.369 e. The van der Waals surface area contributed by atoms with Crippen LogP contribution in [-0.4, -0.2) is 24.5 Å². The lowest BCUT2D eigenvalue weighted by atomic mass is 10.1. The number of carbonyl (C=O) groups is 1. The Morgan fingerprint density at radius 3 is 2.64 bits per heavy atom. The number of anilines is 1. The summed E-state index contributed by atoms with van der Waals surface area (Å²) in [4.78, 5) is 16.3. The highest BCUT2D eigenvalue weighted by Gasteiger charge is 2.06. The van der Waals surface area contributed by atoms with Gasteiger partial charge in [-0.2, -0.15) is 0 Å². The number of hydrogen-bond acceptors (Lipinski definition) is 3. The quantitative estimate of drug-likeness (QED) is 0.606. The summed E-state index contributed by atoms with van der Waals surface area (Å²) in [5.41, 5.74) is 3.57. The molecule has 0 bridgehead atoms. The fourth-order valence-electron chi connectivity index (χ4n) is 2.78. The van der Waals surface area contributed by atoms with Crippen LogP contribution in [0.2, 0.25) is 0 Å². The summed E-state index contributed by atoms with van der Waals surface area (Å²) in [7, 11) is 1.58. The van der Waals surface area contributed by atoms with Crippen molar-refractivity contribution in [1.82, 2.24) is 10.3 Å². The van der Waals surface area contributed by atoms with E-state index < -0.39 is 0 Å². The predicted molar refractivity (Wildman–Crippen MR) is 111 cm³/mol. The maximum Gasteiger partial charge on any atom is 0.243 e. The van der Waals surface area contributed by atoms with Crippen LogP contribution in [0.4, 0.5) is 10.2 Å². The van der Waals surface area contributed by atoms with Crippen molar-refractivity contribution >= 4 is 17.8 Å². The largest absolute Gasteiger partial charge is 0.369 e. The van der Waals surface area contributed by atoms with Gasteiger partial charge < -0.3 is 10.6 Å². The number of aromatic nitrogens is 1. The van der Waals surface area contributed by atoms with Gasteiger partial charge in [-0.25, -0.2) is 9.37 Å². The maximum atomic E-state index is 13.4. The molecular weight excluding hydrogens is 353 g/mol. The van der Waals surface area contributed by atoms with Crippen LogP contribution >= 0.6 is 0 Å². The second-order valence-electron chi connectivity index (χ2n) is 6.25. The Hall–Kier alpha value is -3.47. The molecule has 0 spiro atoms. The molecule has 0 aliphatic carbocycles. The standard InChI is InChI=1S/C23H22FN3O/c1-25-22(28)13-11-19-10-12-21(18-7-3-2-4-8-18)27-23(19)26-15-14-17-6-5-9-20(24)16-17/h2-13,16H,14-15H2,1H3,(H,25,28)(H,26,27)/b13-11+. The van der Waals surface area contributed by atoms with Crippen LogP contribution in [0, 0.1) is 5.82 Å². The molecule has 0 atom stereocenters. The molecule has 0 fully saturated rings. The summed E-state index contributed by atoms with van der Waals surface area (Å²) in [5.74, 6) is 0.256. The number of carbonyl (C=O) groups excluding carboxylic acids is 1. The summed E-state index contributed by atoms with van der Waals surface area (Å²) >= 11 is 0. The highest BCUT2D eigenvalue weighted by atomic mass is 19.1. The van der Waals surface area contributed by atoms with Gasteiger partial charge in [-0.3, -0.25) is 4.79 Å². The van der Waals surface area contributed by atoms with E-state index in [4.69, 9.17) is 4.98 Å². The zero-order chi connectivity index (χ0) is 19.8. The molecule has 1 aromatic heterocycles. The lowest BCUT2D eigenvalue weighted by molar-refractivity contribution is -0.115. The fraction of sp³-hybridized carbons (Fsp3) is 0.130. The van der Waals surface area contributed by atoms with Crippen LogP contribution in [0.15, 0.2) is 72.8 Å². The molecule has 5 heteroatoms. The molecule has 0 aliphatic rings. The number of benzene rings is 2. The Bertz CT molecular complexity index is 971. The molecule has 1 heterocycles. The van der Waals surface area contributed by atoms with Gasteiger partial charge in [-0.1, -0.05) is 42.5 Å². The summed E-state index contributed by atoms with van der Waals surface area (Å²) in [5, 5.41) is 5.88. The molecule has 0 aliphatic heterocycles. The van der Waals surface area contributed by atoms with Crippen molar-refractivity contribution in [3.63, 3.8) is 0 Å². The molecule has 0 radical (unpaired) electrons. The zero-order valence-corrected chi connectivity index (χ0v) is 15.7. The van der Waals surface area contributed by atoms with Gasteiger partial charge >= 0.3 is 0 Å². The van der Waals surface area contributed by atoms with Gasteiger partial charge in [0.1, 0.15) is 11.6 Å². The summed E-state index contributed by atoms with van der Waals surface area (Å²) in [6.07, 6.45) is 3.86. The first kappa shape index (κ1) is 19.3. The number of hydrogen-bond donors (Lipinski definition) is 2. The van der Waals surface area contributed by atoms with E-state index in [-0.39, 0.29) is 11.7 Å². The third kappa shape index (κ3) is 5.27. The lowest BCUT2D eigenvalue weighted by Crippen LogP contribution is -2.14. The number of nitrogens with zero attached hydrogens (tertiary/aromatic N) is 1. The van der Waals surface area contributed by atoms with Crippen molar-refractivity contribution < 1.29 is 9.18 Å². The van der Waals surface area contributed by atoms with Gasteiger partial charge in [0.05, 0.1) is 5.69 Å². The highest BCUT2D eigenvalue weighted by Crippen LogP contribution is 2.23. The van der Waals surface area contributed by atoms with Gasteiger partial charge in [0.2, 0.25) is 5.91 Å². The summed E-state index contributed by atoms with van der Waals surface area (Å²) in [6.45, 7) is 0.593. The summed E-state index contributed by atoms with van der Waals surface area (Å²) < 4.78 is 13.4. The van der Waals surface area contributed by atoms with Crippen LogP contribution < -0.4 is 10.6 Å². The van der Waals surface area contributed by atoms with Gasteiger partial charge in [-0.15, -0.1) is 0 Å². The number of pyridine rings is 1. The normalized spacial score (nSPS) is 10.8. The molecule has 2 N–H and O–H groups in total. The fourth-order valence-corrected chi connectivity index (χ4v) is 2.78. The van der Waals surface area contributed by atoms with E-state index in [1.807, 2.05) is 48.5 Å². The number of amides is 1. The predicted octanol–water partition coefficient (Wildman–Crippen LogP) is 4.30. The zero-order valence-electron chi connectivity index (χ0n) is 15.7. The molecule has 0 saturated heterocycles. The number of halogens is 1. The minimum absolute atomic E-state index is 0.183. The topological polar surface area (TPSA) is 54.0 Å². The number of rotatable bonds is 7. The smallest absolute Gasteiger partial charge is 0.243 e. The average molecular weight is 375 g/mol. The monoisotopic (exact) mass is 375 g/mol. The maximum absolute atomic E-state index is 13.4. The Kier molecular flexibility index (Phi) is 6.52. The van der Waals surface area contributed by atoms with E-state index in [0.29, 0.717) is 18.8 Å². The second kappa shape index (κ2) is 9.46. The van der Waals surface area contributed by atoms with E-state index in [1.54, 1.807) is 19.2 Å². The molecule has 0 saturated carbocycles. The molecule has 0 unspecified atom stereocenters. The SMILES string of the molecule is CNC(=O)/C=C/c1ccc(-c2ccccc2)nc1NCCc1cccc(F)c1. The minimum atomic E-state index is -0.240. The first-order valence-corrected chi connectivity index (χ1v) is 9.10. The molecule has 28 heavy (non-hydrogen) atoms. The van der Waals surface area contributed by atoms with Gasteiger partial charge in [0, 0.05) is 30.8 Å². The van der Waals surface area contributed by atoms with Crippen LogP contribution in [0.25, 0.3) is 17.3 Å². The third-order valence-corrected chi connectivity index (χ3v) is 4.25. The number of nitrogens with one attached hydrogen (secondary N) is 2. The Balaban J connectivity index is 1.81. The van der Waals surface area contributed by atoms with E-state index in [2.05, 4.69) is 10.6 Å². The molecule has 142 valence electrons. The van der Waals surface area contributed by atoms with Gasteiger partial charge in [0.15, 0.2) is 0 Å². The van der Waals surface area contributed by atoms with Gasteiger partial charge in [0.25, 0.3) is 0 Å². The first-order valence-electron chi connectivity index (χ1n) is 9.10. The van der Waals surface area contributed by atoms with Crippen molar-refractivity contribution in [1.29, 1.82) is 0 Å². The Morgan fingerprint density at radius 2 is 1.89 bits per heavy atom. The van der Waals surface area contributed by atoms with Crippen molar-refractivity contribution in [2.45, 2.75) is 6.42 Å². The van der Waals surface area contributed by atoms with E-state index >= 15 is 0 Å². The van der Waals surface area contributed by atoms with E-state index in [0.717, 1.165) is 22.4 Å². The lowest BCUT2D eigenvalue weighted by Gasteiger charge is -2.11. The molecule has 4 nitrogen and oxygen atoms in total. The van der Waals surface area contributed by atoms with E-state index in [9.17, 15) is 9.18 Å². The first-order chi connectivity index (χ1) is 13.7.